The average molecular weight is 1770 g/mol. The quantitative estimate of drug-likeness (QED) is 0.0800. The van der Waals surface area contributed by atoms with Crippen LogP contribution >= 0.6 is 47.8 Å². The van der Waals surface area contributed by atoms with Crippen LogP contribution in [0.15, 0.2) is 474 Å². The van der Waals surface area contributed by atoms with Crippen LogP contribution < -0.4 is 15.3 Å². The predicted molar refractivity (Wildman–Crippen MR) is 527 cm³/mol. The molecule has 0 N–H and O–H groups in total. The third-order valence-corrected chi connectivity index (χ3v) is 24.4. The number of nitrogens with zero attached hydrogens (tertiary/aromatic N) is 2. The van der Waals surface area contributed by atoms with Crippen molar-refractivity contribution in [2.75, 3.05) is 9.80 Å². The highest BCUT2D eigenvalue weighted by Gasteiger charge is 2.51. The average Bonchev–Trinajstić information content (AvgIpc) is 1.61. The zero-order valence-electron chi connectivity index (χ0n) is 68.3. The summed E-state index contributed by atoms with van der Waals surface area (Å²) in [6.45, 7) is 8.33. The van der Waals surface area contributed by atoms with Gasteiger partial charge in [-0.2, -0.15) is 0 Å². The van der Waals surface area contributed by atoms with Crippen LogP contribution in [-0.2, 0) is 9.31 Å². The summed E-state index contributed by atoms with van der Waals surface area (Å²) in [7, 11) is -0.341. The van der Waals surface area contributed by atoms with Gasteiger partial charge in [0.25, 0.3) is 0 Å². The third kappa shape index (κ3) is 19.2. The summed E-state index contributed by atoms with van der Waals surface area (Å²) in [5.74, 6) is 0. The largest absolute Gasteiger partial charge is 0.494 e. The summed E-state index contributed by atoms with van der Waals surface area (Å²) in [6.07, 6.45) is 0. The van der Waals surface area contributed by atoms with E-state index in [2.05, 4.69) is 540 Å². The van der Waals surface area contributed by atoms with Gasteiger partial charge in [-0.15, -0.1) is 0 Å². The monoisotopic (exact) mass is 1760 g/mol. The van der Waals surface area contributed by atoms with Crippen molar-refractivity contribution < 1.29 is 9.31 Å². The van der Waals surface area contributed by atoms with Gasteiger partial charge in [-0.05, 0) is 307 Å². The van der Waals surface area contributed by atoms with Crippen molar-refractivity contribution in [3.05, 3.63) is 474 Å². The molecule has 1 heterocycles. The van der Waals surface area contributed by atoms with Crippen LogP contribution in [0.4, 0.5) is 34.1 Å². The molecule has 18 aromatic carbocycles. The first kappa shape index (κ1) is 81.4. The lowest BCUT2D eigenvalue weighted by molar-refractivity contribution is 0.00578. The number of hydrogen-bond acceptors (Lipinski definition) is 4. The molecule has 0 bridgehead atoms. The van der Waals surface area contributed by atoms with Gasteiger partial charge >= 0.3 is 7.12 Å². The lowest BCUT2D eigenvalue weighted by Crippen LogP contribution is -2.41. The molecule has 18 aromatic rings. The van der Waals surface area contributed by atoms with Crippen LogP contribution in [0.2, 0.25) is 0 Å². The number of rotatable bonds is 18. The second-order valence-electron chi connectivity index (χ2n) is 31.5. The number of halogens is 3. The molecule has 8 heteroatoms. The number of anilines is 6. The van der Waals surface area contributed by atoms with E-state index >= 15 is 0 Å². The second-order valence-corrected chi connectivity index (χ2v) is 34.2. The smallest absolute Gasteiger partial charge is 0.399 e. The summed E-state index contributed by atoms with van der Waals surface area (Å²) in [5, 5.41) is 0. The van der Waals surface area contributed by atoms with Gasteiger partial charge < -0.3 is 19.1 Å². The zero-order valence-corrected chi connectivity index (χ0v) is 73.1. The first-order valence-electron chi connectivity index (χ1n) is 41.2. The summed E-state index contributed by atoms with van der Waals surface area (Å²) < 4.78 is 15.6. The molecule has 0 amide bonds. The minimum absolute atomic E-state index is 0.332. The molecule has 590 valence electrons. The van der Waals surface area contributed by atoms with Gasteiger partial charge in [-0.25, -0.2) is 0 Å². The SMILES string of the molecule is Brc1ccc(N(c2ccc(Br)cc2)c2ccc(Br)cc2)cc1.CC1(C)OB(c2cccc(-c3cccc(-c4ccccc4)c3)c2)OC1(C)C.c1ccc(-c2cccc(-c3cccc(-c4ccc(N(c5ccc(-c6cccc(-c7cccc(-c8ccccc8)c7)c6)cc5)c5ccc(-c6cccc(-c7cccc(-c8ccccc8)c7)c6)cc5)cc4)c3)c2)cc1. The molecule has 1 fully saturated rings. The molecule has 19 rings (SSSR count). The van der Waals surface area contributed by atoms with Crippen molar-refractivity contribution in [2.24, 2.45) is 0 Å². The summed E-state index contributed by atoms with van der Waals surface area (Å²) in [4.78, 5) is 4.59. The Morgan fingerprint density at radius 2 is 0.328 bits per heavy atom. The Hall–Kier alpha value is -13.0. The maximum absolute atomic E-state index is 6.21. The van der Waals surface area contributed by atoms with Crippen molar-refractivity contribution in [3.8, 4) is 122 Å². The fraction of sp³-hybridized carbons (Fsp3) is 0.0526. The van der Waals surface area contributed by atoms with Crippen molar-refractivity contribution in [1.82, 2.24) is 0 Å². The summed E-state index contributed by atoms with van der Waals surface area (Å²) in [6, 6.07) is 164. The standard InChI is InChI=1S/C72H51N.C24H25BO2.C18H12Br3N/c1-4-16-52(17-5-1)58-22-10-28-64(46-58)67-31-13-25-61(49-67)55-34-40-70(41-35-55)73(71-42-36-56(37-43-71)62-26-14-32-68(50-62)65-29-11-23-59(47-65)53-18-6-2-7-19-53)72-44-38-57(39-45-72)63-27-15-33-69(51-63)66-30-12-24-60(48-66)54-20-8-3-9-21-54;1-23(2)24(3,4)27-25(26-23)22-15-9-14-21(17-22)20-13-8-12-19(16-20)18-10-6-5-7-11-18;19-13-1-7-16(8-2-13)22(17-9-3-14(20)4-10-17)18-11-5-15(21)6-12-18/h1-51H;5-17H,1-4H3;1-12H. The molecule has 4 nitrogen and oxygen atoms in total. The van der Waals surface area contributed by atoms with Crippen molar-refractivity contribution in [2.45, 2.75) is 38.9 Å². The van der Waals surface area contributed by atoms with Gasteiger partial charge in [-0.3, -0.25) is 0 Å². The van der Waals surface area contributed by atoms with Crippen molar-refractivity contribution in [1.29, 1.82) is 0 Å². The first-order chi connectivity index (χ1) is 59.6. The second kappa shape index (κ2) is 37.3. The van der Waals surface area contributed by atoms with Crippen molar-refractivity contribution >= 4 is 94.5 Å². The van der Waals surface area contributed by atoms with Gasteiger partial charge in [0.2, 0.25) is 0 Å². The number of benzene rings is 18. The highest BCUT2D eigenvalue weighted by atomic mass is 79.9. The van der Waals surface area contributed by atoms with Gasteiger partial charge in [0.15, 0.2) is 0 Å². The molecule has 0 atom stereocenters. The van der Waals surface area contributed by atoms with Crippen LogP contribution in [0, 0.1) is 0 Å². The Bertz CT molecular complexity index is 6040. The number of hydrogen-bond donors (Lipinski definition) is 0. The van der Waals surface area contributed by atoms with E-state index in [-0.39, 0.29) is 18.3 Å². The maximum Gasteiger partial charge on any atom is 0.494 e. The van der Waals surface area contributed by atoms with Crippen LogP contribution in [0.5, 0.6) is 0 Å². The maximum atomic E-state index is 6.21. The highest BCUT2D eigenvalue weighted by Crippen LogP contribution is 2.43. The first-order valence-corrected chi connectivity index (χ1v) is 43.6. The van der Waals surface area contributed by atoms with Crippen LogP contribution in [0.3, 0.4) is 0 Å². The third-order valence-electron chi connectivity index (χ3n) is 22.8. The van der Waals surface area contributed by atoms with E-state index < -0.39 is 0 Å². The Kier molecular flexibility index (Phi) is 24.9. The zero-order chi connectivity index (χ0) is 83.4. The molecule has 0 spiro atoms. The van der Waals surface area contributed by atoms with E-state index in [1.807, 2.05) is 6.07 Å². The minimum Gasteiger partial charge on any atom is -0.399 e. The van der Waals surface area contributed by atoms with E-state index in [1.165, 1.54) is 122 Å². The Morgan fingerprint density at radius 3 is 0.533 bits per heavy atom. The van der Waals surface area contributed by atoms with E-state index in [0.717, 1.165) is 53.0 Å². The van der Waals surface area contributed by atoms with E-state index in [1.54, 1.807) is 0 Å². The molecule has 1 saturated heterocycles. The van der Waals surface area contributed by atoms with Gasteiger partial charge in [0, 0.05) is 47.5 Å². The van der Waals surface area contributed by atoms with Crippen LogP contribution in [0.25, 0.3) is 122 Å². The Balaban J connectivity index is 0.000000174. The molecule has 0 aromatic heterocycles. The molecule has 122 heavy (non-hydrogen) atoms. The van der Waals surface area contributed by atoms with E-state index in [9.17, 15) is 0 Å². The van der Waals surface area contributed by atoms with Crippen molar-refractivity contribution in [3.63, 3.8) is 0 Å². The predicted octanol–water partition coefficient (Wildman–Crippen LogP) is 32.9. The lowest BCUT2D eigenvalue weighted by Gasteiger charge is -2.32. The Labute approximate surface area is 743 Å². The van der Waals surface area contributed by atoms with Gasteiger partial charge in [-0.1, -0.05) is 357 Å². The Morgan fingerprint density at radius 1 is 0.172 bits per heavy atom. The normalized spacial score (nSPS) is 12.4. The molecule has 0 saturated carbocycles. The van der Waals surface area contributed by atoms with Crippen LogP contribution in [-0.4, -0.2) is 18.3 Å². The molecule has 0 radical (unpaired) electrons. The minimum atomic E-state index is -0.341. The summed E-state index contributed by atoms with van der Waals surface area (Å²) >= 11 is 10.5. The molecule has 0 unspecified atom stereocenters. The fourth-order valence-electron chi connectivity index (χ4n) is 15.6. The van der Waals surface area contributed by atoms with E-state index in [4.69, 9.17) is 9.31 Å². The topological polar surface area (TPSA) is 24.9 Å². The van der Waals surface area contributed by atoms with E-state index in [0.29, 0.717) is 0 Å². The molecular formula is C114H88BBr3N2O2. The lowest BCUT2D eigenvalue weighted by atomic mass is 9.78. The molecule has 1 aliphatic heterocycles. The molecule has 0 aliphatic carbocycles. The van der Waals surface area contributed by atoms with Gasteiger partial charge in [0.1, 0.15) is 0 Å². The molecular weight excluding hydrogens is 1680 g/mol. The molecule has 1 aliphatic rings. The van der Waals surface area contributed by atoms with Gasteiger partial charge in [0.05, 0.1) is 11.2 Å². The highest BCUT2D eigenvalue weighted by molar-refractivity contribution is 9.11. The van der Waals surface area contributed by atoms with Crippen LogP contribution in [0.1, 0.15) is 27.7 Å². The fourth-order valence-corrected chi connectivity index (χ4v) is 16.4. The summed E-state index contributed by atoms with van der Waals surface area (Å²) in [5.41, 5.74) is 33.3.